The van der Waals surface area contributed by atoms with Crippen LogP contribution in [0.15, 0.2) is 16.7 Å². The molecule has 94 valence electrons. The first-order chi connectivity index (χ1) is 8.03. The van der Waals surface area contributed by atoms with Crippen LogP contribution < -0.4 is 5.32 Å². The zero-order valence-corrected chi connectivity index (χ0v) is 12.2. The molecule has 5 heteroatoms. The Bertz CT molecular complexity index is 379. The summed E-state index contributed by atoms with van der Waals surface area (Å²) in [6, 6.07) is 0. The lowest BCUT2D eigenvalue weighted by atomic mass is 9.90. The third kappa shape index (κ3) is 4.32. The Morgan fingerprint density at radius 1 is 1.47 bits per heavy atom. The number of hydrogen-bond donors (Lipinski definition) is 1. The van der Waals surface area contributed by atoms with Crippen molar-refractivity contribution in [2.45, 2.75) is 39.0 Å². The summed E-state index contributed by atoms with van der Waals surface area (Å²) >= 11 is 3.56. The predicted molar refractivity (Wildman–Crippen MR) is 76.7 cm³/mol. The lowest BCUT2D eigenvalue weighted by Crippen LogP contribution is -2.20. The minimum absolute atomic E-state index is 0.389. The lowest BCUT2D eigenvalue weighted by molar-refractivity contribution is 0.375. The van der Waals surface area contributed by atoms with Crippen molar-refractivity contribution in [1.29, 1.82) is 0 Å². The van der Waals surface area contributed by atoms with Gasteiger partial charge in [0.25, 0.3) is 0 Å². The van der Waals surface area contributed by atoms with Gasteiger partial charge in [-0.15, -0.1) is 11.3 Å². The number of nitrogens with one attached hydrogen (secondary N) is 1. The smallest absolute Gasteiger partial charge is 0.157 e. The molecule has 0 aromatic carbocycles. The zero-order chi connectivity index (χ0) is 12.3. The maximum absolute atomic E-state index is 4.55. The van der Waals surface area contributed by atoms with E-state index < -0.39 is 0 Å². The van der Waals surface area contributed by atoms with Gasteiger partial charge in [0.2, 0.25) is 0 Å². The molecule has 0 aliphatic carbocycles. The van der Waals surface area contributed by atoms with Crippen LogP contribution in [-0.2, 0) is 6.54 Å². The standard InChI is InChI=1S/C12H19N3S2/c1-12(2,3)4-9-6-14-11(17-9)15-7-10-5-13-8-16-10/h5,8-9H,4,6-7H2,1-3H3,(H,14,15). The van der Waals surface area contributed by atoms with E-state index in [1.807, 2.05) is 23.5 Å². The fourth-order valence-electron chi connectivity index (χ4n) is 1.80. The number of nitrogens with zero attached hydrogens (tertiary/aromatic N) is 2. The number of hydrogen-bond acceptors (Lipinski definition) is 5. The Labute approximate surface area is 111 Å². The SMILES string of the molecule is CC(C)(C)CC1CN=C(NCc2cncs2)S1. The largest absolute Gasteiger partial charge is 0.360 e. The Morgan fingerprint density at radius 2 is 2.29 bits per heavy atom. The molecule has 1 atom stereocenters. The third-order valence-electron chi connectivity index (χ3n) is 2.45. The molecule has 2 heterocycles. The van der Waals surface area contributed by atoms with Crippen LogP contribution in [0.2, 0.25) is 0 Å². The Balaban J connectivity index is 1.74. The van der Waals surface area contributed by atoms with E-state index in [4.69, 9.17) is 0 Å². The number of aliphatic imine (C=N–C) groups is 1. The van der Waals surface area contributed by atoms with Crippen LogP contribution in [0, 0.1) is 5.41 Å². The minimum atomic E-state index is 0.389. The second kappa shape index (κ2) is 5.40. The van der Waals surface area contributed by atoms with Crippen LogP contribution in [0.3, 0.4) is 0 Å². The Kier molecular flexibility index (Phi) is 4.09. The molecule has 17 heavy (non-hydrogen) atoms. The first kappa shape index (κ1) is 12.9. The van der Waals surface area contributed by atoms with Crippen molar-refractivity contribution in [2.75, 3.05) is 6.54 Å². The van der Waals surface area contributed by atoms with E-state index in [2.05, 4.69) is 36.1 Å². The molecule has 0 spiro atoms. The number of aromatic nitrogens is 1. The van der Waals surface area contributed by atoms with Gasteiger partial charge in [0.05, 0.1) is 18.6 Å². The molecule has 2 rings (SSSR count). The Morgan fingerprint density at radius 3 is 2.94 bits per heavy atom. The van der Waals surface area contributed by atoms with Crippen LogP contribution in [0.25, 0.3) is 0 Å². The van der Waals surface area contributed by atoms with Crippen LogP contribution in [0.5, 0.6) is 0 Å². The summed E-state index contributed by atoms with van der Waals surface area (Å²) in [5.41, 5.74) is 2.25. The molecule has 0 amide bonds. The van der Waals surface area contributed by atoms with Gasteiger partial charge >= 0.3 is 0 Å². The highest BCUT2D eigenvalue weighted by atomic mass is 32.2. The highest BCUT2D eigenvalue weighted by Crippen LogP contribution is 2.31. The molecular weight excluding hydrogens is 250 g/mol. The van der Waals surface area contributed by atoms with Gasteiger partial charge in [-0.3, -0.25) is 9.98 Å². The molecule has 1 aromatic rings. The summed E-state index contributed by atoms with van der Waals surface area (Å²) in [6.45, 7) is 8.66. The highest BCUT2D eigenvalue weighted by molar-refractivity contribution is 8.14. The van der Waals surface area contributed by atoms with E-state index in [1.54, 1.807) is 11.3 Å². The molecule has 1 aliphatic rings. The minimum Gasteiger partial charge on any atom is -0.360 e. The maximum Gasteiger partial charge on any atom is 0.157 e. The molecule has 1 aliphatic heterocycles. The van der Waals surface area contributed by atoms with Crippen molar-refractivity contribution in [2.24, 2.45) is 10.4 Å². The van der Waals surface area contributed by atoms with Crippen LogP contribution in [0.1, 0.15) is 32.1 Å². The summed E-state index contributed by atoms with van der Waals surface area (Å²) < 4.78 is 0. The van der Waals surface area contributed by atoms with E-state index in [0.717, 1.165) is 18.3 Å². The summed E-state index contributed by atoms with van der Waals surface area (Å²) in [4.78, 5) is 9.87. The molecule has 0 radical (unpaired) electrons. The van der Waals surface area contributed by atoms with Gasteiger partial charge in [-0.2, -0.15) is 0 Å². The van der Waals surface area contributed by atoms with Crippen LogP contribution in [-0.4, -0.2) is 21.9 Å². The van der Waals surface area contributed by atoms with Crippen molar-refractivity contribution in [3.63, 3.8) is 0 Å². The number of thioether (sulfide) groups is 1. The average molecular weight is 269 g/mol. The molecule has 3 nitrogen and oxygen atoms in total. The van der Waals surface area contributed by atoms with Crippen molar-refractivity contribution in [3.8, 4) is 0 Å². The van der Waals surface area contributed by atoms with Gasteiger partial charge < -0.3 is 5.32 Å². The summed E-state index contributed by atoms with van der Waals surface area (Å²) in [7, 11) is 0. The fraction of sp³-hybridized carbons (Fsp3) is 0.667. The van der Waals surface area contributed by atoms with Gasteiger partial charge in [-0.1, -0.05) is 32.5 Å². The second-order valence-corrected chi connectivity index (χ2v) is 7.73. The van der Waals surface area contributed by atoms with Crippen LogP contribution >= 0.6 is 23.1 Å². The molecule has 0 saturated carbocycles. The lowest BCUT2D eigenvalue weighted by Gasteiger charge is -2.21. The molecule has 1 aromatic heterocycles. The molecule has 1 N–H and O–H groups in total. The van der Waals surface area contributed by atoms with Gasteiger partial charge in [0.1, 0.15) is 0 Å². The van der Waals surface area contributed by atoms with E-state index in [1.165, 1.54) is 11.3 Å². The quantitative estimate of drug-likeness (QED) is 0.916. The van der Waals surface area contributed by atoms with E-state index >= 15 is 0 Å². The summed E-state index contributed by atoms with van der Waals surface area (Å²) in [6.07, 6.45) is 3.12. The van der Waals surface area contributed by atoms with E-state index in [9.17, 15) is 0 Å². The highest BCUT2D eigenvalue weighted by Gasteiger charge is 2.24. The second-order valence-electron chi connectivity index (χ2n) is 5.47. The normalized spacial score (nSPS) is 20.4. The number of amidine groups is 1. The zero-order valence-electron chi connectivity index (χ0n) is 10.6. The summed E-state index contributed by atoms with van der Waals surface area (Å²) in [5, 5.41) is 5.11. The fourth-order valence-corrected chi connectivity index (χ4v) is 3.68. The molecule has 1 unspecified atom stereocenters. The first-order valence-electron chi connectivity index (χ1n) is 5.85. The topological polar surface area (TPSA) is 37.3 Å². The van der Waals surface area contributed by atoms with E-state index in [0.29, 0.717) is 10.7 Å². The first-order valence-corrected chi connectivity index (χ1v) is 7.61. The molecular formula is C12H19N3S2. The monoisotopic (exact) mass is 269 g/mol. The maximum atomic E-state index is 4.55. The molecule has 0 bridgehead atoms. The van der Waals surface area contributed by atoms with Gasteiger partial charge in [0, 0.05) is 16.3 Å². The van der Waals surface area contributed by atoms with Crippen molar-refractivity contribution in [3.05, 3.63) is 16.6 Å². The summed E-state index contributed by atoms with van der Waals surface area (Å²) in [5.74, 6) is 0. The van der Waals surface area contributed by atoms with Crippen molar-refractivity contribution >= 4 is 28.3 Å². The van der Waals surface area contributed by atoms with Crippen molar-refractivity contribution in [1.82, 2.24) is 10.3 Å². The Hall–Kier alpha value is -0.550. The average Bonchev–Trinajstić information content (AvgIpc) is 2.82. The van der Waals surface area contributed by atoms with E-state index in [-0.39, 0.29) is 0 Å². The predicted octanol–water partition coefficient (Wildman–Crippen LogP) is 3.14. The molecule has 0 fully saturated rings. The van der Waals surface area contributed by atoms with Gasteiger partial charge in [0.15, 0.2) is 5.17 Å². The number of thiazole rings is 1. The van der Waals surface area contributed by atoms with Gasteiger partial charge in [-0.05, 0) is 11.8 Å². The van der Waals surface area contributed by atoms with Crippen molar-refractivity contribution < 1.29 is 0 Å². The molecule has 0 saturated heterocycles. The van der Waals surface area contributed by atoms with Crippen LogP contribution in [0.4, 0.5) is 0 Å². The third-order valence-corrected chi connectivity index (χ3v) is 4.38. The van der Waals surface area contributed by atoms with Gasteiger partial charge in [-0.25, -0.2) is 0 Å². The number of rotatable bonds is 3.